The van der Waals surface area contributed by atoms with Crippen LogP contribution in [-0.4, -0.2) is 12.7 Å². The van der Waals surface area contributed by atoms with Crippen LogP contribution in [0.5, 0.6) is 0 Å². The molecule has 2 heteroatoms. The molecule has 3 unspecified atom stereocenters. The summed E-state index contributed by atoms with van der Waals surface area (Å²) in [5.41, 5.74) is -0.0624. The van der Waals surface area contributed by atoms with E-state index in [1.165, 1.54) is 0 Å². The van der Waals surface area contributed by atoms with Crippen LogP contribution in [0.2, 0.25) is 0 Å². The Hall–Kier alpha value is -0.550. The zero-order valence-corrected chi connectivity index (χ0v) is 9.12. The topological polar surface area (TPSA) is 33.0 Å². The van der Waals surface area contributed by atoms with Crippen LogP contribution in [0.4, 0.5) is 0 Å². The maximum atomic E-state index is 9.03. The third kappa shape index (κ3) is 2.27. The van der Waals surface area contributed by atoms with E-state index in [1.807, 2.05) is 6.92 Å². The first kappa shape index (κ1) is 11.5. The van der Waals surface area contributed by atoms with E-state index >= 15 is 0 Å². The van der Waals surface area contributed by atoms with Crippen LogP contribution in [0.15, 0.2) is 0 Å². The summed E-state index contributed by atoms with van der Waals surface area (Å²) in [5, 5.41) is 9.03. The first-order valence-electron chi connectivity index (χ1n) is 5.31. The van der Waals surface area contributed by atoms with E-state index in [4.69, 9.17) is 10.00 Å². The normalized spacial score (nSPS) is 34.0. The van der Waals surface area contributed by atoms with Gasteiger partial charge in [0.25, 0.3) is 0 Å². The van der Waals surface area contributed by atoms with Gasteiger partial charge in [0.1, 0.15) is 6.10 Å². The molecule has 1 rings (SSSR count). The Labute approximate surface area is 87.3 Å². The van der Waals surface area contributed by atoms with E-state index in [1.54, 1.807) is 0 Å². The number of hydrogen-bond donors (Lipinski definition) is 0. The van der Waals surface area contributed by atoms with Gasteiger partial charge in [0.2, 0.25) is 0 Å². The van der Waals surface area contributed by atoms with Crippen molar-refractivity contribution in [3.05, 3.63) is 13.3 Å². The molecule has 0 amide bonds. The van der Waals surface area contributed by atoms with E-state index in [2.05, 4.69) is 26.3 Å². The highest BCUT2D eigenvalue weighted by Crippen LogP contribution is 2.45. The number of ether oxygens (including phenoxy) is 1. The van der Waals surface area contributed by atoms with Gasteiger partial charge in [-0.25, -0.2) is 0 Å². The summed E-state index contributed by atoms with van der Waals surface area (Å²) in [6.07, 6.45) is 5.02. The molecule has 0 aromatic heterocycles. The maximum Gasteiger partial charge on any atom is 0.149 e. The number of nitriles is 1. The van der Waals surface area contributed by atoms with Crippen LogP contribution in [0.1, 0.15) is 33.1 Å². The van der Waals surface area contributed by atoms with Gasteiger partial charge in [-0.15, -0.1) is 0 Å². The molecule has 1 saturated carbocycles. The van der Waals surface area contributed by atoms with Crippen molar-refractivity contribution >= 4 is 0 Å². The summed E-state index contributed by atoms with van der Waals surface area (Å²) >= 11 is 0. The minimum atomic E-state index is -0.288. The number of rotatable bonds is 4. The molecule has 78 valence electrons. The Bertz CT molecular complexity index is 221. The van der Waals surface area contributed by atoms with Gasteiger partial charge < -0.3 is 4.74 Å². The Morgan fingerprint density at radius 1 is 1.79 bits per heavy atom. The summed E-state index contributed by atoms with van der Waals surface area (Å²) in [7, 11) is 0. The minimum absolute atomic E-state index is 0.0624. The summed E-state index contributed by atoms with van der Waals surface area (Å²) in [4.78, 5) is 0. The lowest BCUT2D eigenvalue weighted by Gasteiger charge is -2.28. The van der Waals surface area contributed by atoms with E-state index in [9.17, 15) is 0 Å². The molecule has 0 bridgehead atoms. The van der Waals surface area contributed by atoms with E-state index in [0.717, 1.165) is 19.3 Å². The van der Waals surface area contributed by atoms with Crippen LogP contribution >= 0.6 is 0 Å². The fourth-order valence-electron chi connectivity index (χ4n) is 2.20. The quantitative estimate of drug-likeness (QED) is 0.687. The molecule has 0 aliphatic heterocycles. The van der Waals surface area contributed by atoms with Crippen LogP contribution in [0.25, 0.3) is 0 Å². The first-order chi connectivity index (χ1) is 6.66. The standard InChI is InChI=1S/C12H19NO/c1-4-10-6-7-12(3,8-10)11(9-13)14-5-2/h7,10-11H,1,4-6,8H2,2-3H3. The Balaban J connectivity index is 2.61. The van der Waals surface area contributed by atoms with Crippen LogP contribution in [-0.2, 0) is 4.74 Å². The molecule has 0 saturated heterocycles. The summed E-state index contributed by atoms with van der Waals surface area (Å²) in [6, 6.07) is 2.26. The lowest BCUT2D eigenvalue weighted by molar-refractivity contribution is 0.0259. The summed E-state index contributed by atoms with van der Waals surface area (Å²) in [6.45, 7) is 8.58. The number of hydrogen-bond acceptors (Lipinski definition) is 2. The van der Waals surface area contributed by atoms with Crippen molar-refractivity contribution in [3.63, 3.8) is 0 Å². The molecule has 1 fully saturated rings. The Kier molecular flexibility index (Phi) is 3.95. The SMILES string of the molecule is [CH2]CC1C[CH]C(C)(C(C#N)OCC)C1. The minimum Gasteiger partial charge on any atom is -0.363 e. The molecular weight excluding hydrogens is 174 g/mol. The van der Waals surface area contributed by atoms with Gasteiger partial charge in [-0.05, 0) is 32.1 Å². The fourth-order valence-corrected chi connectivity index (χ4v) is 2.20. The highest BCUT2D eigenvalue weighted by Gasteiger charge is 2.41. The summed E-state index contributed by atoms with van der Waals surface area (Å²) < 4.78 is 5.46. The second-order valence-corrected chi connectivity index (χ2v) is 4.27. The second kappa shape index (κ2) is 4.79. The molecule has 0 heterocycles. The number of nitrogens with zero attached hydrogens (tertiary/aromatic N) is 1. The van der Waals surface area contributed by atoms with Gasteiger partial charge in [-0.2, -0.15) is 5.26 Å². The Morgan fingerprint density at radius 3 is 2.93 bits per heavy atom. The molecule has 0 aromatic rings. The van der Waals surface area contributed by atoms with E-state index in [0.29, 0.717) is 12.5 Å². The summed E-state index contributed by atoms with van der Waals surface area (Å²) in [5.74, 6) is 0.635. The molecule has 1 aliphatic rings. The highest BCUT2D eigenvalue weighted by atomic mass is 16.5. The highest BCUT2D eigenvalue weighted by molar-refractivity contribution is 5.09. The molecule has 2 radical (unpaired) electrons. The van der Waals surface area contributed by atoms with Gasteiger partial charge in [0, 0.05) is 12.0 Å². The lowest BCUT2D eigenvalue weighted by atomic mass is 9.82. The van der Waals surface area contributed by atoms with Crippen molar-refractivity contribution in [2.24, 2.45) is 11.3 Å². The lowest BCUT2D eigenvalue weighted by Crippen LogP contribution is -2.31. The fraction of sp³-hybridized carbons (Fsp3) is 0.750. The largest absolute Gasteiger partial charge is 0.363 e. The average Bonchev–Trinajstić information content (AvgIpc) is 2.57. The van der Waals surface area contributed by atoms with Gasteiger partial charge in [-0.1, -0.05) is 20.3 Å². The third-order valence-electron chi connectivity index (χ3n) is 3.10. The molecule has 0 spiro atoms. The van der Waals surface area contributed by atoms with Crippen molar-refractivity contribution in [1.82, 2.24) is 0 Å². The van der Waals surface area contributed by atoms with Gasteiger partial charge in [0.05, 0.1) is 6.07 Å². The predicted molar refractivity (Wildman–Crippen MR) is 56.1 cm³/mol. The molecule has 3 atom stereocenters. The molecule has 0 N–H and O–H groups in total. The first-order valence-corrected chi connectivity index (χ1v) is 5.31. The zero-order chi connectivity index (χ0) is 10.6. The van der Waals surface area contributed by atoms with E-state index < -0.39 is 0 Å². The molecule has 0 aromatic carbocycles. The molecule has 14 heavy (non-hydrogen) atoms. The van der Waals surface area contributed by atoms with Crippen molar-refractivity contribution < 1.29 is 4.74 Å². The maximum absolute atomic E-state index is 9.03. The Morgan fingerprint density at radius 2 is 2.50 bits per heavy atom. The van der Waals surface area contributed by atoms with Crippen LogP contribution in [0.3, 0.4) is 0 Å². The van der Waals surface area contributed by atoms with Gasteiger partial charge in [0.15, 0.2) is 0 Å². The average molecular weight is 193 g/mol. The van der Waals surface area contributed by atoms with Gasteiger partial charge >= 0.3 is 0 Å². The monoisotopic (exact) mass is 193 g/mol. The van der Waals surface area contributed by atoms with Crippen LogP contribution < -0.4 is 0 Å². The van der Waals surface area contributed by atoms with Crippen molar-refractivity contribution in [1.29, 1.82) is 5.26 Å². The molecular formula is C12H19NO. The molecule has 2 nitrogen and oxygen atoms in total. The van der Waals surface area contributed by atoms with Crippen molar-refractivity contribution in [2.75, 3.05) is 6.61 Å². The predicted octanol–water partition coefficient (Wildman–Crippen LogP) is 2.76. The zero-order valence-electron chi connectivity index (χ0n) is 9.12. The van der Waals surface area contributed by atoms with Crippen LogP contribution in [0, 0.1) is 36.0 Å². The molecule has 1 aliphatic carbocycles. The third-order valence-corrected chi connectivity index (χ3v) is 3.10. The smallest absolute Gasteiger partial charge is 0.149 e. The second-order valence-electron chi connectivity index (χ2n) is 4.27. The van der Waals surface area contributed by atoms with Crippen molar-refractivity contribution in [3.8, 4) is 6.07 Å². The van der Waals surface area contributed by atoms with Crippen molar-refractivity contribution in [2.45, 2.75) is 39.2 Å². The van der Waals surface area contributed by atoms with E-state index in [-0.39, 0.29) is 11.5 Å². The van der Waals surface area contributed by atoms with Gasteiger partial charge in [-0.3, -0.25) is 0 Å².